The molecule has 5 rings (SSSR count). The number of carbonyl (C=O) groups excluding carboxylic acids is 1. The van der Waals surface area contributed by atoms with E-state index < -0.39 is 51.3 Å². The van der Waals surface area contributed by atoms with Gasteiger partial charge in [0.1, 0.15) is 24.6 Å². The Labute approximate surface area is 224 Å². The first kappa shape index (κ1) is 27.6. The van der Waals surface area contributed by atoms with Gasteiger partial charge in [-0.05, 0) is 6.42 Å². The molecular weight excluding hydrogens is 531 g/mol. The average molecular weight is 563 g/mol. The summed E-state index contributed by atoms with van der Waals surface area (Å²) in [7, 11) is -4.74. The van der Waals surface area contributed by atoms with E-state index in [0.29, 0.717) is 17.7 Å². The number of phosphoric acid groups is 1. The van der Waals surface area contributed by atoms with Crippen LogP contribution in [0, 0.1) is 0 Å². The molecule has 210 valence electrons. The van der Waals surface area contributed by atoms with E-state index in [4.69, 9.17) is 18.7 Å². The number of ether oxygens (including phenoxy) is 3. The average Bonchev–Trinajstić information content (AvgIpc) is 3.62. The van der Waals surface area contributed by atoms with Crippen LogP contribution in [0.1, 0.15) is 50.7 Å². The fourth-order valence-corrected chi connectivity index (χ4v) is 5.01. The molecule has 2 aliphatic rings. The van der Waals surface area contributed by atoms with Gasteiger partial charge in [-0.25, -0.2) is 24.3 Å². The van der Waals surface area contributed by atoms with E-state index in [1.165, 1.54) is 12.7 Å². The van der Waals surface area contributed by atoms with E-state index in [2.05, 4.69) is 32.5 Å². The zero-order valence-electron chi connectivity index (χ0n) is 21.3. The number of hydrogen-bond acceptors (Lipinski definition) is 9. The van der Waals surface area contributed by atoms with Crippen LogP contribution in [-0.4, -0.2) is 66.8 Å². The summed E-state index contributed by atoms with van der Waals surface area (Å²) in [5.41, 5.74) is 1.49. The van der Waals surface area contributed by atoms with Crippen molar-refractivity contribution in [2.45, 2.75) is 63.4 Å². The molecule has 39 heavy (non-hydrogen) atoms. The van der Waals surface area contributed by atoms with E-state index in [0.717, 1.165) is 31.2 Å². The lowest BCUT2D eigenvalue weighted by atomic mass is 10.1. The molecule has 2 aromatic heterocycles. The van der Waals surface area contributed by atoms with Crippen LogP contribution in [0.2, 0.25) is 0 Å². The molecule has 4 heterocycles. The third kappa shape index (κ3) is 6.44. The maximum atomic E-state index is 12.4. The number of amides is 2. The molecule has 1 aromatic carbocycles. The molecule has 0 bridgehead atoms. The number of benzene rings is 1. The lowest BCUT2D eigenvalue weighted by molar-refractivity contribution is -0.152. The molecule has 4 unspecified atom stereocenters. The molecule has 2 fully saturated rings. The summed E-state index contributed by atoms with van der Waals surface area (Å²) in [5.74, 6) is 0.228. The van der Waals surface area contributed by atoms with Gasteiger partial charge in [-0.2, -0.15) is 0 Å². The topological polar surface area (TPSA) is 179 Å². The molecule has 3 aromatic rings. The molecule has 14 nitrogen and oxygen atoms in total. The standard InChI is InChI=1S/C24H31N6O8P/c1-2-3-4-8-11-25-24(31)29-20-17-21(27-13-26-20)30(14-28-17)22-19-18(16(36-22)12-35-39(32,33)34)37-23(38-19)15-9-6-5-7-10-15/h5-7,9-10,13-14,16,18-19,22-23H,2-4,8,11-12H2,1H3,(H2,32,33,34)(H2,25,26,27,29,31)/t16-,18?,19?,22?,23?/m1/s1. The second kappa shape index (κ2) is 12.0. The summed E-state index contributed by atoms with van der Waals surface area (Å²) >= 11 is 0. The highest BCUT2D eigenvalue weighted by atomic mass is 31.2. The third-order valence-electron chi connectivity index (χ3n) is 6.51. The second-order valence-electron chi connectivity index (χ2n) is 9.28. The zero-order chi connectivity index (χ0) is 27.4. The molecular formula is C24H31N6O8P. The Morgan fingerprint density at radius 1 is 1.08 bits per heavy atom. The quantitative estimate of drug-likeness (QED) is 0.199. The Hall–Kier alpha value is -2.97. The van der Waals surface area contributed by atoms with Gasteiger partial charge in [0, 0.05) is 12.1 Å². The zero-order valence-corrected chi connectivity index (χ0v) is 22.1. The Bertz CT molecular complexity index is 1320. The largest absolute Gasteiger partial charge is 0.469 e. The van der Waals surface area contributed by atoms with Crippen LogP contribution >= 0.6 is 7.82 Å². The number of rotatable bonds is 11. The molecule has 0 saturated carbocycles. The Kier molecular flexibility index (Phi) is 8.52. The monoisotopic (exact) mass is 562 g/mol. The van der Waals surface area contributed by atoms with Crippen molar-refractivity contribution in [1.82, 2.24) is 24.8 Å². The molecule has 0 aliphatic carbocycles. The summed E-state index contributed by atoms with van der Waals surface area (Å²) < 4.78 is 36.2. The van der Waals surface area contributed by atoms with Crippen LogP contribution in [0.25, 0.3) is 11.2 Å². The summed E-state index contributed by atoms with van der Waals surface area (Å²) in [6, 6.07) is 8.90. The number of carbonyl (C=O) groups is 1. The maximum Gasteiger partial charge on any atom is 0.469 e. The fraction of sp³-hybridized carbons (Fsp3) is 0.500. The van der Waals surface area contributed by atoms with E-state index in [1.54, 1.807) is 4.57 Å². The summed E-state index contributed by atoms with van der Waals surface area (Å²) in [6.45, 7) is 2.26. The second-order valence-corrected chi connectivity index (χ2v) is 10.5. The van der Waals surface area contributed by atoms with Crippen LogP contribution in [-0.2, 0) is 23.3 Å². The molecule has 2 saturated heterocycles. The lowest BCUT2D eigenvalue weighted by Crippen LogP contribution is -2.31. The van der Waals surface area contributed by atoms with Gasteiger partial charge in [0.15, 0.2) is 29.5 Å². The number of urea groups is 1. The van der Waals surface area contributed by atoms with E-state index in [9.17, 15) is 19.1 Å². The van der Waals surface area contributed by atoms with Gasteiger partial charge < -0.3 is 29.3 Å². The summed E-state index contributed by atoms with van der Waals surface area (Å²) in [5, 5.41) is 5.54. The SMILES string of the molecule is CCCCCCNC(=O)Nc1ncnc2c1ncn2C1O[C@H](COP(=O)(O)O)C2OC(c3ccccc3)OC21. The van der Waals surface area contributed by atoms with Crippen molar-refractivity contribution in [2.75, 3.05) is 18.5 Å². The van der Waals surface area contributed by atoms with E-state index >= 15 is 0 Å². The number of imidazole rings is 1. The maximum absolute atomic E-state index is 12.4. The van der Waals surface area contributed by atoms with Crippen LogP contribution in [0.15, 0.2) is 43.0 Å². The van der Waals surface area contributed by atoms with E-state index in [-0.39, 0.29) is 5.82 Å². The smallest absolute Gasteiger partial charge is 0.347 e. The predicted molar refractivity (Wildman–Crippen MR) is 137 cm³/mol. The summed E-state index contributed by atoms with van der Waals surface area (Å²) in [4.78, 5) is 43.8. The molecule has 2 aliphatic heterocycles. The molecule has 15 heteroatoms. The van der Waals surface area contributed by atoms with Crippen molar-refractivity contribution >= 4 is 30.8 Å². The number of nitrogens with one attached hydrogen (secondary N) is 2. The van der Waals surface area contributed by atoms with Crippen molar-refractivity contribution < 1.29 is 37.9 Å². The summed E-state index contributed by atoms with van der Waals surface area (Å²) in [6.07, 6.45) is 3.20. The highest BCUT2D eigenvalue weighted by Crippen LogP contribution is 2.46. The minimum absolute atomic E-state index is 0.228. The highest BCUT2D eigenvalue weighted by molar-refractivity contribution is 7.46. The molecule has 0 radical (unpaired) electrons. The third-order valence-corrected chi connectivity index (χ3v) is 6.99. The first-order valence-corrected chi connectivity index (χ1v) is 14.3. The molecule has 5 atom stereocenters. The van der Waals surface area contributed by atoms with Gasteiger partial charge >= 0.3 is 13.9 Å². The number of unbranched alkanes of at least 4 members (excludes halogenated alkanes) is 3. The number of phosphoric ester groups is 1. The number of aromatic nitrogens is 4. The normalized spacial score (nSPS) is 24.6. The molecule has 0 spiro atoms. The highest BCUT2D eigenvalue weighted by Gasteiger charge is 2.54. The first-order chi connectivity index (χ1) is 18.8. The Morgan fingerprint density at radius 2 is 1.87 bits per heavy atom. The number of hydrogen-bond donors (Lipinski definition) is 4. The van der Waals surface area contributed by atoms with Crippen LogP contribution < -0.4 is 10.6 Å². The van der Waals surface area contributed by atoms with Crippen molar-refractivity contribution in [3.8, 4) is 0 Å². The number of nitrogens with zero attached hydrogens (tertiary/aromatic N) is 4. The Balaban J connectivity index is 1.35. The van der Waals surface area contributed by atoms with Crippen molar-refractivity contribution in [3.05, 3.63) is 48.5 Å². The lowest BCUT2D eigenvalue weighted by Gasteiger charge is -2.21. The van der Waals surface area contributed by atoms with E-state index in [1.807, 2.05) is 30.3 Å². The van der Waals surface area contributed by atoms with Gasteiger partial charge in [-0.1, -0.05) is 56.5 Å². The van der Waals surface area contributed by atoms with Crippen LogP contribution in [0.3, 0.4) is 0 Å². The predicted octanol–water partition coefficient (Wildman–Crippen LogP) is 3.02. The van der Waals surface area contributed by atoms with Crippen molar-refractivity contribution in [3.63, 3.8) is 0 Å². The minimum atomic E-state index is -4.74. The van der Waals surface area contributed by atoms with Crippen molar-refractivity contribution in [1.29, 1.82) is 0 Å². The fourth-order valence-electron chi connectivity index (χ4n) is 4.67. The van der Waals surface area contributed by atoms with Gasteiger partial charge in [-0.15, -0.1) is 0 Å². The number of anilines is 1. The van der Waals surface area contributed by atoms with Crippen molar-refractivity contribution in [2.24, 2.45) is 0 Å². The van der Waals surface area contributed by atoms with Crippen LogP contribution in [0.5, 0.6) is 0 Å². The van der Waals surface area contributed by atoms with Gasteiger partial charge in [0.25, 0.3) is 0 Å². The van der Waals surface area contributed by atoms with Gasteiger partial charge in [-0.3, -0.25) is 14.4 Å². The van der Waals surface area contributed by atoms with Gasteiger partial charge in [0.05, 0.1) is 12.9 Å². The van der Waals surface area contributed by atoms with Crippen LogP contribution in [0.4, 0.5) is 10.6 Å². The molecule has 4 N–H and O–H groups in total. The first-order valence-electron chi connectivity index (χ1n) is 12.8. The minimum Gasteiger partial charge on any atom is -0.347 e. The Morgan fingerprint density at radius 3 is 2.64 bits per heavy atom. The molecule has 2 amide bonds. The van der Waals surface area contributed by atoms with Gasteiger partial charge in [0.2, 0.25) is 0 Å². The number of fused-ring (bicyclic) bond motifs is 2.